The third-order valence-corrected chi connectivity index (χ3v) is 5.38. The number of phenols is 1. The van der Waals surface area contributed by atoms with Crippen LogP contribution in [0.15, 0.2) is 94.5 Å². The summed E-state index contributed by atoms with van der Waals surface area (Å²) >= 11 is 0. The van der Waals surface area contributed by atoms with Gasteiger partial charge in [0.1, 0.15) is 11.6 Å². The molecular formula is C25H18N8O2. The quantitative estimate of drug-likeness (QED) is 0.414. The molecule has 0 spiro atoms. The normalized spacial score (nSPS) is 17.1. The highest BCUT2D eigenvalue weighted by molar-refractivity contribution is 6.11. The predicted octanol–water partition coefficient (Wildman–Crippen LogP) is 4.64. The van der Waals surface area contributed by atoms with Gasteiger partial charge in [-0.05, 0) is 29.7 Å². The zero-order valence-corrected chi connectivity index (χ0v) is 18.2. The van der Waals surface area contributed by atoms with Gasteiger partial charge in [0.2, 0.25) is 5.95 Å². The molecule has 5 rings (SSSR count). The Morgan fingerprint density at radius 3 is 2.57 bits per heavy atom. The minimum Gasteiger partial charge on any atom is -0.505 e. The summed E-state index contributed by atoms with van der Waals surface area (Å²) in [6, 6.07) is 21.5. The van der Waals surface area contributed by atoms with Crippen molar-refractivity contribution in [1.29, 1.82) is 5.26 Å². The Morgan fingerprint density at radius 2 is 1.80 bits per heavy atom. The number of amides is 1. The first-order valence-electron chi connectivity index (χ1n) is 10.7. The van der Waals surface area contributed by atoms with Gasteiger partial charge in [-0.2, -0.15) is 15.5 Å². The molecule has 4 aromatic rings. The first-order chi connectivity index (χ1) is 17.2. The van der Waals surface area contributed by atoms with Crippen molar-refractivity contribution in [2.24, 2.45) is 21.2 Å². The molecule has 1 amide bonds. The van der Waals surface area contributed by atoms with Crippen molar-refractivity contribution in [3.05, 3.63) is 84.7 Å². The second kappa shape index (κ2) is 9.36. The molecule has 3 aromatic carbocycles. The largest absolute Gasteiger partial charge is 0.505 e. The van der Waals surface area contributed by atoms with Gasteiger partial charge in [-0.3, -0.25) is 4.79 Å². The van der Waals surface area contributed by atoms with E-state index in [0.29, 0.717) is 16.5 Å². The third kappa shape index (κ3) is 4.26. The molecular weight excluding hydrogens is 444 g/mol. The van der Waals surface area contributed by atoms with Crippen molar-refractivity contribution in [3.8, 4) is 11.8 Å². The maximum Gasteiger partial charge on any atom is 0.259 e. The van der Waals surface area contributed by atoms with E-state index in [1.54, 1.807) is 60.9 Å². The van der Waals surface area contributed by atoms with Gasteiger partial charge < -0.3 is 10.4 Å². The molecule has 10 heteroatoms. The number of hydrogen-bond acceptors (Lipinski definition) is 9. The Labute approximate surface area is 199 Å². The summed E-state index contributed by atoms with van der Waals surface area (Å²) in [6.45, 7) is 0. The van der Waals surface area contributed by atoms with Crippen LogP contribution in [0.4, 0.5) is 17.3 Å². The molecule has 2 atom stereocenters. The van der Waals surface area contributed by atoms with E-state index in [-0.39, 0.29) is 22.9 Å². The molecule has 10 nitrogen and oxygen atoms in total. The van der Waals surface area contributed by atoms with Gasteiger partial charge in [0.05, 0.1) is 11.6 Å². The van der Waals surface area contributed by atoms with Crippen LogP contribution in [0.5, 0.6) is 5.75 Å². The van der Waals surface area contributed by atoms with Crippen LogP contribution in [0.25, 0.3) is 10.8 Å². The number of azo groups is 1. The number of phenolic OH excluding ortho intramolecular Hbond substituents is 1. The second-order valence-electron chi connectivity index (χ2n) is 7.60. The van der Waals surface area contributed by atoms with E-state index in [2.05, 4.69) is 36.7 Å². The van der Waals surface area contributed by atoms with Crippen LogP contribution in [-0.2, 0) is 0 Å². The predicted molar refractivity (Wildman–Crippen MR) is 130 cm³/mol. The minimum atomic E-state index is -0.845. The number of anilines is 2. The second-order valence-corrected chi connectivity index (χ2v) is 7.60. The Morgan fingerprint density at radius 1 is 1.06 bits per heavy atom. The number of hydrogen-bond donors (Lipinski definition) is 2. The lowest BCUT2D eigenvalue weighted by Crippen LogP contribution is -2.30. The molecule has 0 aliphatic carbocycles. The molecule has 170 valence electrons. The Bertz CT molecular complexity index is 1480. The smallest absolute Gasteiger partial charge is 0.259 e. The van der Waals surface area contributed by atoms with Gasteiger partial charge in [0.15, 0.2) is 11.9 Å². The van der Waals surface area contributed by atoms with E-state index < -0.39 is 18.0 Å². The van der Waals surface area contributed by atoms with Gasteiger partial charge in [-0.15, -0.1) is 5.11 Å². The van der Waals surface area contributed by atoms with E-state index in [1.807, 2.05) is 18.2 Å². The molecule has 2 N–H and O–H groups in total. The number of nitrogens with zero attached hydrogens (tertiary/aromatic N) is 7. The fourth-order valence-corrected chi connectivity index (χ4v) is 3.67. The van der Waals surface area contributed by atoms with E-state index in [0.717, 1.165) is 0 Å². The zero-order valence-electron chi connectivity index (χ0n) is 18.2. The Hall–Kier alpha value is -5.17. The molecule has 35 heavy (non-hydrogen) atoms. The highest BCUT2D eigenvalue weighted by atomic mass is 16.3. The number of nitriles is 1. The molecule has 0 bridgehead atoms. The highest BCUT2D eigenvalue weighted by Gasteiger charge is 2.34. The number of nitrogens with one attached hydrogen (secondary N) is 1. The Kier molecular flexibility index (Phi) is 5.80. The fourth-order valence-electron chi connectivity index (χ4n) is 3.67. The zero-order chi connectivity index (χ0) is 24.2. The number of hydrazone groups is 1. The van der Waals surface area contributed by atoms with Gasteiger partial charge in [0, 0.05) is 29.7 Å². The minimum absolute atomic E-state index is 0.0456. The van der Waals surface area contributed by atoms with Crippen molar-refractivity contribution in [1.82, 2.24) is 9.97 Å². The van der Waals surface area contributed by atoms with Crippen LogP contribution >= 0.6 is 0 Å². The summed E-state index contributed by atoms with van der Waals surface area (Å²) in [5.41, 5.74) is 0.745. The van der Waals surface area contributed by atoms with Crippen molar-refractivity contribution < 1.29 is 9.90 Å². The highest BCUT2D eigenvalue weighted by Crippen LogP contribution is 2.39. The number of carbonyl (C=O) groups excluding carboxylic acids is 1. The topological polar surface area (TPSA) is 139 Å². The van der Waals surface area contributed by atoms with E-state index in [9.17, 15) is 15.2 Å². The molecule has 1 aliphatic heterocycles. The molecule has 0 saturated carbocycles. The summed E-state index contributed by atoms with van der Waals surface area (Å²) < 4.78 is 0. The fraction of sp³-hybridized carbons (Fsp3) is 0.0800. The number of fused-ring (bicyclic) bond motifs is 1. The van der Waals surface area contributed by atoms with E-state index in [4.69, 9.17) is 0 Å². The molecule has 0 fully saturated rings. The van der Waals surface area contributed by atoms with Gasteiger partial charge in [0.25, 0.3) is 5.91 Å². The van der Waals surface area contributed by atoms with E-state index >= 15 is 0 Å². The summed E-state index contributed by atoms with van der Waals surface area (Å²) in [5.74, 6) is -1.26. The first kappa shape index (κ1) is 21.7. The first-order valence-corrected chi connectivity index (χ1v) is 10.7. The van der Waals surface area contributed by atoms with Crippen LogP contribution in [0.3, 0.4) is 0 Å². The number of para-hydroxylation sites is 1. The van der Waals surface area contributed by atoms with Crippen LogP contribution in [0.1, 0.15) is 10.4 Å². The molecule has 0 saturated heterocycles. The van der Waals surface area contributed by atoms with Crippen molar-refractivity contribution in [2.45, 2.75) is 6.17 Å². The van der Waals surface area contributed by atoms with Gasteiger partial charge >= 0.3 is 0 Å². The number of rotatable bonds is 5. The summed E-state index contributed by atoms with van der Waals surface area (Å²) in [7, 11) is 0. The number of benzene rings is 3. The maximum absolute atomic E-state index is 13.0. The lowest BCUT2D eigenvalue weighted by molar-refractivity contribution is 0.102. The molecule has 1 aromatic heterocycles. The maximum atomic E-state index is 13.0. The molecule has 0 radical (unpaired) electrons. The van der Waals surface area contributed by atoms with Crippen molar-refractivity contribution >= 4 is 40.2 Å². The van der Waals surface area contributed by atoms with Crippen LogP contribution in [-0.4, -0.2) is 33.4 Å². The number of aromatic nitrogens is 2. The van der Waals surface area contributed by atoms with E-state index in [1.165, 1.54) is 11.2 Å². The number of carbonyl (C=O) groups is 1. The lowest BCUT2D eigenvalue weighted by atomic mass is 10.0. The Balaban J connectivity index is 1.55. The SMILES string of the molecule is N#CC1C=NN(c2ncccn2)C1/N=N/c1c(O)c(C(=O)Nc2ccccc2)cc2ccccc12. The summed E-state index contributed by atoms with van der Waals surface area (Å²) in [6.07, 6.45) is 3.71. The van der Waals surface area contributed by atoms with Gasteiger partial charge in [-0.25, -0.2) is 15.0 Å². The third-order valence-electron chi connectivity index (χ3n) is 5.38. The summed E-state index contributed by atoms with van der Waals surface area (Å²) in [4.78, 5) is 21.3. The van der Waals surface area contributed by atoms with Crippen LogP contribution < -0.4 is 10.3 Å². The molecule has 2 unspecified atom stereocenters. The molecule has 2 heterocycles. The average Bonchev–Trinajstić information content (AvgIpc) is 3.32. The molecule has 1 aliphatic rings. The number of aromatic hydroxyl groups is 1. The average molecular weight is 462 g/mol. The lowest BCUT2D eigenvalue weighted by Gasteiger charge is -2.18. The standard InChI is InChI=1S/C25H18N8O2/c26-14-17-15-29-33(25-27-11-6-12-28-25)23(17)32-31-21-19-10-5-4-7-16(19)13-20(22(21)34)24(35)30-18-8-2-1-3-9-18/h1-13,15,17,23,34H,(H,30,35)/b32-31+. The van der Waals surface area contributed by atoms with Crippen LogP contribution in [0, 0.1) is 17.2 Å². The monoisotopic (exact) mass is 462 g/mol. The summed E-state index contributed by atoms with van der Waals surface area (Å²) in [5, 5.41) is 38.9. The van der Waals surface area contributed by atoms with Crippen molar-refractivity contribution in [3.63, 3.8) is 0 Å². The van der Waals surface area contributed by atoms with Gasteiger partial charge in [-0.1, -0.05) is 42.5 Å². The van der Waals surface area contributed by atoms with Crippen molar-refractivity contribution in [2.75, 3.05) is 10.3 Å². The van der Waals surface area contributed by atoms with Crippen LogP contribution in [0.2, 0.25) is 0 Å².